The van der Waals surface area contributed by atoms with Crippen LogP contribution in [-0.4, -0.2) is 182 Å². The molecule has 0 bridgehead atoms. The lowest BCUT2D eigenvalue weighted by molar-refractivity contribution is -0.142. The fraction of sp³-hybridized carbons (Fsp3) is 0.492. The highest BCUT2D eigenvalue weighted by Gasteiger charge is 2.37. The molecule has 8 amide bonds. The standard InChI is InChI=1S/C59H85N13O13S/c1-33(2)63-59(64-34(3)4)70-45(27-39-20-12-9-13-21-39)52(78)66-46(28-40-29-61-42-23-15-14-22-41(40)42)53(79)65-43(24-16-17-25-60)51(77)71-49(35(5)74)56(82)67-44(26-38-18-10-8-11-19-38)54(80)72-50(36(6)75)57(83)68-47(30-73)55(81)69-48(58(84)85)31-86-32-62-37(7)76/h8-15,18-23,29,33-36,43-50,61,73-75H,16-17,24-28,30-32,60H2,1-7H3,(H,62,76)(H,65,79)(H,66,78)(H,67,82)(H,68,83)(H,69,81)(H,71,77)(H,72,80)(H,84,85)(H2,63,64,70)/t35-,36-,43+,44+,45+,46+,47+,48+,49+,50+/m1/s1. The third kappa shape index (κ3) is 23.7. The minimum atomic E-state index is -1.85. The monoisotopic (exact) mass is 1220 g/mol. The second kappa shape index (κ2) is 36.0. The molecule has 0 aliphatic heterocycles. The van der Waals surface area contributed by atoms with Gasteiger partial charge in [0.05, 0.1) is 24.7 Å². The summed E-state index contributed by atoms with van der Waals surface area (Å²) in [7, 11) is 0. The summed E-state index contributed by atoms with van der Waals surface area (Å²) in [4.78, 5) is 131. The van der Waals surface area contributed by atoms with Crippen LogP contribution in [0.5, 0.6) is 0 Å². The number of guanidine groups is 1. The van der Waals surface area contributed by atoms with E-state index in [4.69, 9.17) is 10.7 Å². The first kappa shape index (κ1) is 70.4. The van der Waals surface area contributed by atoms with Gasteiger partial charge < -0.3 is 84.3 Å². The van der Waals surface area contributed by atoms with Gasteiger partial charge >= 0.3 is 5.97 Å². The number of carbonyl (C=O) groups is 9. The molecule has 470 valence electrons. The SMILES string of the molecule is CC(=O)NCSC[C@H](NC(=O)[C@H](CO)NC(=O)[C@@H](NC(=O)[C@H](Cc1ccccc1)NC(=O)[C@@H](NC(=O)[C@H](CCCCN)NC(=O)[C@H](Cc1c[nH]c2ccccc12)NC(=O)[C@H](Cc1ccccc1)N=C(NC(C)C)NC(C)C)[C@@H](C)O)[C@@H](C)O)C(=O)O. The van der Waals surface area contributed by atoms with E-state index in [1.54, 1.807) is 36.5 Å². The number of aliphatic hydroxyl groups excluding tert-OH is 3. The molecular formula is C59H85N13O13S. The number of rotatable bonds is 35. The lowest BCUT2D eigenvalue weighted by atomic mass is 10.0. The number of aliphatic imine (C=N–C) groups is 1. The molecule has 4 aromatic rings. The predicted molar refractivity (Wildman–Crippen MR) is 326 cm³/mol. The second-order valence-electron chi connectivity index (χ2n) is 21.3. The Morgan fingerprint density at radius 1 is 0.558 bits per heavy atom. The number of aromatic amines is 1. The molecule has 10 atom stereocenters. The number of para-hydroxylation sites is 1. The van der Waals surface area contributed by atoms with E-state index in [-0.39, 0.29) is 61.8 Å². The maximum Gasteiger partial charge on any atom is 0.327 e. The molecule has 1 heterocycles. The summed E-state index contributed by atoms with van der Waals surface area (Å²) in [5.41, 5.74) is 8.61. The molecule has 3 aromatic carbocycles. The van der Waals surface area contributed by atoms with E-state index < -0.39 is 114 Å². The molecule has 4 rings (SSSR count). The number of fused-ring (bicyclic) bond motifs is 1. The van der Waals surface area contributed by atoms with Gasteiger partial charge in [-0.05, 0) is 90.1 Å². The normalized spacial score (nSPS) is 14.7. The number of unbranched alkanes of at least 4 members (excludes halogenated alkanes) is 1. The molecule has 0 fully saturated rings. The number of carbonyl (C=O) groups excluding carboxylic acids is 8. The Labute approximate surface area is 504 Å². The van der Waals surface area contributed by atoms with Crippen molar-refractivity contribution in [3.8, 4) is 0 Å². The van der Waals surface area contributed by atoms with E-state index in [0.29, 0.717) is 29.9 Å². The zero-order chi connectivity index (χ0) is 63.5. The Kier molecular flexibility index (Phi) is 29.5. The van der Waals surface area contributed by atoms with Gasteiger partial charge in [-0.3, -0.25) is 38.4 Å². The molecule has 0 saturated heterocycles. The quantitative estimate of drug-likeness (QED) is 0.0115. The third-order valence-electron chi connectivity index (χ3n) is 13.2. The van der Waals surface area contributed by atoms with Crippen LogP contribution >= 0.6 is 11.8 Å². The number of aliphatic carboxylic acids is 1. The van der Waals surface area contributed by atoms with Crippen molar-refractivity contribution in [3.63, 3.8) is 0 Å². The molecule has 26 nitrogen and oxygen atoms in total. The summed E-state index contributed by atoms with van der Waals surface area (Å²) < 4.78 is 0. The second-order valence-corrected chi connectivity index (χ2v) is 22.4. The molecule has 0 spiro atoms. The number of thioether (sulfide) groups is 1. The van der Waals surface area contributed by atoms with Gasteiger partial charge in [-0.25, -0.2) is 9.79 Å². The number of nitrogens with one attached hydrogen (secondary N) is 11. The van der Waals surface area contributed by atoms with Crippen molar-refractivity contribution in [2.75, 3.05) is 24.8 Å². The van der Waals surface area contributed by atoms with Crippen molar-refractivity contribution in [1.82, 2.24) is 58.2 Å². The van der Waals surface area contributed by atoms with Crippen LogP contribution in [0.25, 0.3) is 10.9 Å². The summed E-state index contributed by atoms with van der Waals surface area (Å²) in [5, 5.41) is 69.1. The average molecular weight is 1220 g/mol. The van der Waals surface area contributed by atoms with Crippen LogP contribution in [0, 0.1) is 0 Å². The molecule has 0 aliphatic rings. The molecule has 0 aliphatic carbocycles. The highest BCUT2D eigenvalue weighted by molar-refractivity contribution is 7.99. The van der Waals surface area contributed by atoms with E-state index in [1.165, 1.54) is 13.8 Å². The molecule has 27 heteroatoms. The number of H-pyrrole nitrogens is 1. The van der Waals surface area contributed by atoms with Crippen LogP contribution in [-0.2, 0) is 62.4 Å². The van der Waals surface area contributed by atoms with Crippen molar-refractivity contribution in [2.24, 2.45) is 10.7 Å². The number of nitrogens with zero attached hydrogens (tertiary/aromatic N) is 1. The minimum Gasteiger partial charge on any atom is -0.480 e. The number of carboxylic acid groups (broad SMARTS) is 1. The molecule has 0 saturated carbocycles. The zero-order valence-corrected chi connectivity index (χ0v) is 50.4. The summed E-state index contributed by atoms with van der Waals surface area (Å²) in [6.45, 7) is 10.5. The van der Waals surface area contributed by atoms with Crippen molar-refractivity contribution in [1.29, 1.82) is 0 Å². The van der Waals surface area contributed by atoms with E-state index in [9.17, 15) is 63.6 Å². The Hall–Kier alpha value is -8.11. The lowest BCUT2D eigenvalue weighted by Gasteiger charge is -2.29. The van der Waals surface area contributed by atoms with Crippen LogP contribution in [0.3, 0.4) is 0 Å². The van der Waals surface area contributed by atoms with E-state index in [1.807, 2.05) is 82.3 Å². The molecule has 1 aromatic heterocycles. The number of carboxylic acids is 1. The maximum absolute atomic E-state index is 14.9. The number of hydrogen-bond donors (Lipinski definition) is 16. The minimum absolute atomic E-state index is 0.0114. The van der Waals surface area contributed by atoms with Gasteiger partial charge in [-0.15, -0.1) is 11.8 Å². The largest absolute Gasteiger partial charge is 0.480 e. The van der Waals surface area contributed by atoms with E-state index in [0.717, 1.165) is 35.2 Å². The van der Waals surface area contributed by atoms with Gasteiger partial charge in [-0.1, -0.05) is 78.9 Å². The summed E-state index contributed by atoms with van der Waals surface area (Å²) in [5.74, 6) is -8.35. The number of aromatic nitrogens is 1. The zero-order valence-electron chi connectivity index (χ0n) is 49.6. The van der Waals surface area contributed by atoms with Crippen molar-refractivity contribution in [2.45, 2.75) is 160 Å². The smallest absolute Gasteiger partial charge is 0.327 e. The average Bonchev–Trinajstić information content (AvgIpc) is 3.08. The van der Waals surface area contributed by atoms with Crippen LogP contribution in [0.1, 0.15) is 84.4 Å². The van der Waals surface area contributed by atoms with Crippen molar-refractivity contribution < 1.29 is 63.6 Å². The van der Waals surface area contributed by atoms with Gasteiger partial charge in [0.25, 0.3) is 0 Å². The first-order chi connectivity index (χ1) is 40.9. The fourth-order valence-electron chi connectivity index (χ4n) is 8.76. The molecule has 17 N–H and O–H groups in total. The lowest BCUT2D eigenvalue weighted by Crippen LogP contribution is -2.63. The van der Waals surface area contributed by atoms with Gasteiger partial charge in [0, 0.05) is 61.1 Å². The Morgan fingerprint density at radius 3 is 1.57 bits per heavy atom. The predicted octanol–water partition coefficient (Wildman–Crippen LogP) is -0.896. The maximum atomic E-state index is 14.9. The van der Waals surface area contributed by atoms with Crippen LogP contribution in [0.2, 0.25) is 0 Å². The first-order valence-corrected chi connectivity index (χ1v) is 29.6. The highest BCUT2D eigenvalue weighted by atomic mass is 32.2. The van der Waals surface area contributed by atoms with Gasteiger partial charge in [0.15, 0.2) is 5.96 Å². The summed E-state index contributed by atoms with van der Waals surface area (Å²) in [6.07, 6.45) is -0.987. The topological polar surface area (TPSA) is 409 Å². The third-order valence-corrected chi connectivity index (χ3v) is 14.1. The number of benzene rings is 3. The Bertz CT molecular complexity index is 2880. The van der Waals surface area contributed by atoms with Gasteiger partial charge in [-0.2, -0.15) is 0 Å². The Morgan fingerprint density at radius 2 is 1.03 bits per heavy atom. The van der Waals surface area contributed by atoms with Crippen LogP contribution < -0.4 is 58.9 Å². The van der Waals surface area contributed by atoms with Crippen LogP contribution in [0.15, 0.2) is 96.1 Å². The fourth-order valence-corrected chi connectivity index (χ4v) is 9.64. The van der Waals surface area contributed by atoms with Crippen LogP contribution in [0.4, 0.5) is 0 Å². The Balaban J connectivity index is 1.63. The van der Waals surface area contributed by atoms with Gasteiger partial charge in [0.1, 0.15) is 48.3 Å². The number of amides is 8. The number of hydrogen-bond acceptors (Lipinski definition) is 15. The molecule has 0 unspecified atom stereocenters. The molecular weight excluding hydrogens is 1130 g/mol. The first-order valence-electron chi connectivity index (χ1n) is 28.5. The molecule has 86 heavy (non-hydrogen) atoms. The highest BCUT2D eigenvalue weighted by Crippen LogP contribution is 2.20. The number of aliphatic hydroxyl groups is 3. The van der Waals surface area contributed by atoms with E-state index in [2.05, 4.69) is 58.2 Å². The summed E-state index contributed by atoms with van der Waals surface area (Å²) >= 11 is 0.976. The number of nitrogens with two attached hydrogens (primary N) is 1. The van der Waals surface area contributed by atoms with Crippen molar-refractivity contribution >= 4 is 81.9 Å². The van der Waals surface area contributed by atoms with Gasteiger partial charge in [0.2, 0.25) is 47.3 Å². The van der Waals surface area contributed by atoms with E-state index >= 15 is 0 Å². The molecule has 0 radical (unpaired) electrons. The van der Waals surface area contributed by atoms with Crippen molar-refractivity contribution in [3.05, 3.63) is 108 Å². The summed E-state index contributed by atoms with van der Waals surface area (Å²) in [6, 6.07) is 12.6.